The third kappa shape index (κ3) is 6.34. The van der Waals surface area contributed by atoms with Gasteiger partial charge in [0.1, 0.15) is 6.54 Å². The maximum absolute atomic E-state index is 12.0. The number of nitrogens with one attached hydrogen (secondary N) is 2. The molecule has 0 saturated carbocycles. The maximum Gasteiger partial charge on any atom is 0.240 e. The van der Waals surface area contributed by atoms with Gasteiger partial charge in [0, 0.05) is 24.0 Å². The van der Waals surface area contributed by atoms with Crippen LogP contribution in [-0.4, -0.2) is 22.6 Å². The van der Waals surface area contributed by atoms with Crippen molar-refractivity contribution in [2.75, 3.05) is 6.54 Å². The molecule has 0 fully saturated rings. The first-order valence-electron chi connectivity index (χ1n) is 7.93. The molecule has 21 heavy (non-hydrogen) atoms. The van der Waals surface area contributed by atoms with Crippen LogP contribution < -0.4 is 10.6 Å². The highest BCUT2D eigenvalue weighted by Crippen LogP contribution is 2.22. The SMILES string of the molecule is CCCNC(c1ccn(CC(=O)NC(C)(C)C)c1)C(C)C. The van der Waals surface area contributed by atoms with Gasteiger partial charge >= 0.3 is 0 Å². The quantitative estimate of drug-likeness (QED) is 0.811. The zero-order valence-electron chi connectivity index (χ0n) is 14.4. The second-order valence-electron chi connectivity index (χ2n) is 7.09. The van der Waals surface area contributed by atoms with Gasteiger partial charge in [0.15, 0.2) is 0 Å². The fourth-order valence-electron chi connectivity index (χ4n) is 2.40. The maximum atomic E-state index is 12.0. The van der Waals surface area contributed by atoms with Crippen molar-refractivity contribution in [3.8, 4) is 0 Å². The zero-order valence-corrected chi connectivity index (χ0v) is 14.4. The van der Waals surface area contributed by atoms with E-state index in [1.165, 1.54) is 5.56 Å². The summed E-state index contributed by atoms with van der Waals surface area (Å²) in [4.78, 5) is 12.0. The van der Waals surface area contributed by atoms with Crippen LogP contribution in [0.5, 0.6) is 0 Å². The molecule has 0 aromatic carbocycles. The van der Waals surface area contributed by atoms with Gasteiger partial charge in [-0.2, -0.15) is 0 Å². The van der Waals surface area contributed by atoms with Gasteiger partial charge in [-0.15, -0.1) is 0 Å². The molecule has 1 aromatic rings. The molecule has 2 N–H and O–H groups in total. The van der Waals surface area contributed by atoms with Crippen molar-refractivity contribution in [3.05, 3.63) is 24.0 Å². The molecule has 4 heteroatoms. The Kier molecular flexibility index (Phi) is 6.46. The Morgan fingerprint density at radius 1 is 1.33 bits per heavy atom. The Bertz CT molecular complexity index is 443. The lowest BCUT2D eigenvalue weighted by Gasteiger charge is -2.22. The van der Waals surface area contributed by atoms with E-state index in [2.05, 4.69) is 43.7 Å². The number of hydrogen-bond acceptors (Lipinski definition) is 2. The molecule has 1 atom stereocenters. The van der Waals surface area contributed by atoms with Crippen LogP contribution in [-0.2, 0) is 11.3 Å². The van der Waals surface area contributed by atoms with Crippen LogP contribution in [0, 0.1) is 5.92 Å². The predicted molar refractivity (Wildman–Crippen MR) is 88.2 cm³/mol. The van der Waals surface area contributed by atoms with E-state index in [1.54, 1.807) is 0 Å². The molecule has 0 radical (unpaired) electrons. The van der Waals surface area contributed by atoms with Crippen LogP contribution in [0.1, 0.15) is 59.6 Å². The highest BCUT2D eigenvalue weighted by Gasteiger charge is 2.17. The predicted octanol–water partition coefficient (Wildman–Crippen LogP) is 3.10. The monoisotopic (exact) mass is 293 g/mol. The summed E-state index contributed by atoms with van der Waals surface area (Å²) in [6, 6.07) is 2.45. The Morgan fingerprint density at radius 2 is 2.00 bits per heavy atom. The zero-order chi connectivity index (χ0) is 16.0. The third-order valence-electron chi connectivity index (χ3n) is 3.25. The molecule has 120 valence electrons. The molecule has 0 aliphatic rings. The van der Waals surface area contributed by atoms with Crippen molar-refractivity contribution in [1.82, 2.24) is 15.2 Å². The Hall–Kier alpha value is -1.29. The minimum Gasteiger partial charge on any atom is -0.350 e. The van der Waals surface area contributed by atoms with Crippen LogP contribution in [0.25, 0.3) is 0 Å². The molecule has 1 unspecified atom stereocenters. The van der Waals surface area contributed by atoms with E-state index in [-0.39, 0.29) is 11.4 Å². The van der Waals surface area contributed by atoms with Gasteiger partial charge < -0.3 is 15.2 Å². The van der Waals surface area contributed by atoms with Gasteiger partial charge in [-0.05, 0) is 51.3 Å². The molecule has 0 spiro atoms. The Balaban J connectivity index is 2.68. The standard InChI is InChI=1S/C17H31N3O/c1-7-9-18-16(13(2)3)14-8-10-20(11-14)12-15(21)19-17(4,5)6/h8,10-11,13,16,18H,7,9,12H2,1-6H3,(H,19,21). The summed E-state index contributed by atoms with van der Waals surface area (Å²) in [5, 5.41) is 6.56. The second-order valence-corrected chi connectivity index (χ2v) is 7.09. The number of hydrogen-bond donors (Lipinski definition) is 2. The summed E-state index contributed by atoms with van der Waals surface area (Å²) in [7, 11) is 0. The average Bonchev–Trinajstić information content (AvgIpc) is 2.74. The minimum atomic E-state index is -0.184. The molecular weight excluding hydrogens is 262 g/mol. The van der Waals surface area contributed by atoms with E-state index >= 15 is 0 Å². The third-order valence-corrected chi connectivity index (χ3v) is 3.25. The van der Waals surface area contributed by atoms with Crippen LogP contribution in [0.15, 0.2) is 18.5 Å². The van der Waals surface area contributed by atoms with Crippen molar-refractivity contribution in [1.29, 1.82) is 0 Å². The average molecular weight is 293 g/mol. The largest absolute Gasteiger partial charge is 0.350 e. The van der Waals surface area contributed by atoms with E-state index in [9.17, 15) is 4.79 Å². The number of rotatable bonds is 7. The summed E-state index contributed by atoms with van der Waals surface area (Å²) >= 11 is 0. The molecule has 4 nitrogen and oxygen atoms in total. The molecule has 0 aliphatic heterocycles. The molecular formula is C17H31N3O. The normalized spacial score (nSPS) is 13.5. The molecule has 1 heterocycles. The molecule has 0 aliphatic carbocycles. The van der Waals surface area contributed by atoms with Crippen molar-refractivity contribution >= 4 is 5.91 Å². The molecule has 1 amide bonds. The van der Waals surface area contributed by atoms with Crippen molar-refractivity contribution < 1.29 is 4.79 Å². The fourth-order valence-corrected chi connectivity index (χ4v) is 2.40. The molecule has 1 rings (SSSR count). The van der Waals surface area contributed by atoms with Gasteiger partial charge in [0.2, 0.25) is 5.91 Å². The van der Waals surface area contributed by atoms with E-state index in [1.807, 2.05) is 31.5 Å². The number of carbonyl (C=O) groups is 1. The van der Waals surface area contributed by atoms with Crippen LogP contribution in [0.3, 0.4) is 0 Å². The fraction of sp³-hybridized carbons (Fsp3) is 0.706. The first kappa shape index (κ1) is 17.8. The lowest BCUT2D eigenvalue weighted by molar-refractivity contribution is -0.123. The number of nitrogens with zero attached hydrogens (tertiary/aromatic N) is 1. The summed E-state index contributed by atoms with van der Waals surface area (Å²) in [5.41, 5.74) is 1.07. The van der Waals surface area contributed by atoms with Crippen molar-refractivity contribution in [3.63, 3.8) is 0 Å². The van der Waals surface area contributed by atoms with Crippen LogP contribution in [0.4, 0.5) is 0 Å². The minimum absolute atomic E-state index is 0.0484. The summed E-state index contributed by atoms with van der Waals surface area (Å²) in [6.07, 6.45) is 5.19. The van der Waals surface area contributed by atoms with E-state index in [0.29, 0.717) is 18.5 Å². The van der Waals surface area contributed by atoms with Gasteiger partial charge in [-0.25, -0.2) is 0 Å². The smallest absolute Gasteiger partial charge is 0.240 e. The van der Waals surface area contributed by atoms with Gasteiger partial charge in [-0.3, -0.25) is 4.79 Å². The first-order valence-corrected chi connectivity index (χ1v) is 7.93. The van der Waals surface area contributed by atoms with Gasteiger partial charge in [0.05, 0.1) is 0 Å². The lowest BCUT2D eigenvalue weighted by Crippen LogP contribution is -2.42. The summed E-state index contributed by atoms with van der Waals surface area (Å²) in [5.74, 6) is 0.572. The Morgan fingerprint density at radius 3 is 2.52 bits per heavy atom. The van der Waals surface area contributed by atoms with Crippen molar-refractivity contribution in [2.45, 2.75) is 66.1 Å². The van der Waals surface area contributed by atoms with E-state index in [0.717, 1.165) is 13.0 Å². The first-order chi connectivity index (χ1) is 9.73. The Labute approximate surface area is 129 Å². The number of aromatic nitrogens is 1. The summed E-state index contributed by atoms with van der Waals surface area (Å²) in [6.45, 7) is 14.0. The second kappa shape index (κ2) is 7.64. The van der Waals surface area contributed by atoms with Gasteiger partial charge in [0.25, 0.3) is 0 Å². The van der Waals surface area contributed by atoms with Crippen LogP contribution in [0.2, 0.25) is 0 Å². The number of amides is 1. The lowest BCUT2D eigenvalue weighted by atomic mass is 9.98. The summed E-state index contributed by atoms with van der Waals surface area (Å²) < 4.78 is 1.96. The molecule has 0 bridgehead atoms. The van der Waals surface area contributed by atoms with Crippen LogP contribution >= 0.6 is 0 Å². The highest BCUT2D eigenvalue weighted by molar-refractivity contribution is 5.76. The topological polar surface area (TPSA) is 46.1 Å². The number of carbonyl (C=O) groups excluding carboxylic acids is 1. The molecule has 1 aromatic heterocycles. The van der Waals surface area contributed by atoms with E-state index in [4.69, 9.17) is 0 Å². The molecule has 0 saturated heterocycles. The van der Waals surface area contributed by atoms with Gasteiger partial charge in [-0.1, -0.05) is 20.8 Å². The highest BCUT2D eigenvalue weighted by atomic mass is 16.2. The van der Waals surface area contributed by atoms with Crippen molar-refractivity contribution in [2.24, 2.45) is 5.92 Å². The van der Waals surface area contributed by atoms with E-state index < -0.39 is 0 Å².